The van der Waals surface area contributed by atoms with Crippen molar-refractivity contribution in [2.24, 2.45) is 0 Å². The molecule has 1 aromatic heterocycles. The van der Waals surface area contributed by atoms with Gasteiger partial charge in [0, 0.05) is 17.5 Å². The molecule has 3 aromatic rings. The Morgan fingerprint density at radius 2 is 1.97 bits per heavy atom. The summed E-state index contributed by atoms with van der Waals surface area (Å²) in [5, 5.41) is 18.5. The van der Waals surface area contributed by atoms with Crippen LogP contribution in [0.3, 0.4) is 0 Å². The van der Waals surface area contributed by atoms with E-state index in [9.17, 15) is 9.90 Å². The second-order valence-electron chi connectivity index (χ2n) is 5.72. The second kappa shape index (κ2) is 9.54. The highest BCUT2D eigenvalue weighted by Crippen LogP contribution is 2.32. The van der Waals surface area contributed by atoms with Crippen LogP contribution in [0.5, 0.6) is 5.75 Å². The number of halogens is 3. The minimum absolute atomic E-state index is 0.0321. The highest BCUT2D eigenvalue weighted by Gasteiger charge is 2.16. The summed E-state index contributed by atoms with van der Waals surface area (Å²) in [6.07, 6.45) is 1.43. The summed E-state index contributed by atoms with van der Waals surface area (Å²) in [4.78, 5) is 11.6. The van der Waals surface area contributed by atoms with Crippen molar-refractivity contribution in [1.29, 1.82) is 0 Å². The minimum atomic E-state index is -1.15. The number of aliphatic carboxylic acids is 1. The van der Waals surface area contributed by atoms with Crippen molar-refractivity contribution >= 4 is 58.6 Å². The molecule has 0 aliphatic rings. The molecule has 1 N–H and O–H groups in total. The predicted octanol–water partition coefficient (Wildman–Crippen LogP) is 6.14. The average Bonchev–Trinajstić information content (AvgIpc) is 3.08. The van der Waals surface area contributed by atoms with E-state index in [1.54, 1.807) is 43.3 Å². The molecule has 0 saturated carbocycles. The molecule has 0 aliphatic carbocycles. The van der Waals surface area contributed by atoms with Gasteiger partial charge in [-0.2, -0.15) is 0 Å². The molecule has 0 bridgehead atoms. The molecule has 1 heterocycles. The van der Waals surface area contributed by atoms with E-state index in [2.05, 4.69) is 10.2 Å². The van der Waals surface area contributed by atoms with Crippen molar-refractivity contribution in [3.63, 3.8) is 0 Å². The van der Waals surface area contributed by atoms with Crippen LogP contribution in [0.1, 0.15) is 17.0 Å². The molecular weight excluding hydrogens is 459 g/mol. The maximum absolute atomic E-state index is 11.7. The zero-order chi connectivity index (χ0) is 21.0. The van der Waals surface area contributed by atoms with Gasteiger partial charge in [-0.05, 0) is 53.7 Å². The smallest absolute Gasteiger partial charge is 0.342 e. The second-order valence-corrected chi connectivity index (χ2v) is 7.97. The highest BCUT2D eigenvalue weighted by atomic mass is 35.5. The third-order valence-electron chi connectivity index (χ3n) is 3.55. The maximum atomic E-state index is 11.7. The molecule has 0 aliphatic heterocycles. The number of rotatable bonds is 7. The van der Waals surface area contributed by atoms with E-state index >= 15 is 0 Å². The molecule has 0 fully saturated rings. The van der Waals surface area contributed by atoms with Gasteiger partial charge in [0.05, 0.1) is 10.0 Å². The summed E-state index contributed by atoms with van der Waals surface area (Å²) < 4.78 is 11.1. The van der Waals surface area contributed by atoms with Gasteiger partial charge in [0.1, 0.15) is 17.3 Å². The van der Waals surface area contributed by atoms with E-state index in [1.165, 1.54) is 6.08 Å². The molecule has 29 heavy (non-hydrogen) atoms. The van der Waals surface area contributed by atoms with Gasteiger partial charge in [-0.15, -0.1) is 10.2 Å². The quantitative estimate of drug-likeness (QED) is 0.327. The topological polar surface area (TPSA) is 85.5 Å². The van der Waals surface area contributed by atoms with Gasteiger partial charge in [-0.3, -0.25) is 0 Å². The number of thioether (sulfide) groups is 1. The number of carboxylic acid groups (broad SMARTS) is 1. The average molecular weight is 472 g/mol. The molecule has 0 unspecified atom stereocenters. The number of aromatic nitrogens is 2. The zero-order valence-electron chi connectivity index (χ0n) is 14.9. The lowest BCUT2D eigenvalue weighted by Gasteiger charge is -2.11. The van der Waals surface area contributed by atoms with Crippen molar-refractivity contribution in [3.8, 4) is 5.75 Å². The van der Waals surface area contributed by atoms with Gasteiger partial charge in [-0.25, -0.2) is 4.79 Å². The first kappa shape index (κ1) is 21.5. The Morgan fingerprint density at radius 3 is 2.62 bits per heavy atom. The Morgan fingerprint density at radius 1 is 1.17 bits per heavy atom. The number of benzene rings is 2. The van der Waals surface area contributed by atoms with Crippen molar-refractivity contribution in [2.75, 3.05) is 0 Å². The first-order valence-electron chi connectivity index (χ1n) is 8.11. The van der Waals surface area contributed by atoms with E-state index in [4.69, 9.17) is 44.0 Å². The molecule has 150 valence electrons. The van der Waals surface area contributed by atoms with Gasteiger partial charge in [0.25, 0.3) is 5.22 Å². The fourth-order valence-electron chi connectivity index (χ4n) is 2.24. The van der Waals surface area contributed by atoms with E-state index in [-0.39, 0.29) is 16.7 Å². The number of nitrogens with zero attached hydrogens (tertiary/aromatic N) is 2. The van der Waals surface area contributed by atoms with Gasteiger partial charge >= 0.3 is 5.97 Å². The fraction of sp³-hybridized carbons (Fsp3) is 0.105. The third-order valence-corrected chi connectivity index (χ3v) is 5.38. The predicted molar refractivity (Wildman–Crippen MR) is 113 cm³/mol. The van der Waals surface area contributed by atoms with E-state index in [1.807, 2.05) is 0 Å². The lowest BCUT2D eigenvalue weighted by atomic mass is 10.2. The summed E-state index contributed by atoms with van der Waals surface area (Å²) in [5.74, 6) is -0.367. The number of hydrogen-bond donors (Lipinski definition) is 1. The Balaban J connectivity index is 1.86. The van der Waals surface area contributed by atoms with Crippen LogP contribution in [0.15, 0.2) is 50.9 Å². The number of ether oxygens (including phenoxy) is 1. The molecule has 0 spiro atoms. The van der Waals surface area contributed by atoms with Crippen LogP contribution in [0, 0.1) is 6.92 Å². The molecule has 0 atom stereocenters. The number of carbonyl (C=O) groups is 1. The summed E-state index contributed by atoms with van der Waals surface area (Å²) in [5.41, 5.74) is 1.29. The summed E-state index contributed by atoms with van der Waals surface area (Å²) in [6, 6.07) is 10.1. The molecule has 3 rings (SSSR count). The summed E-state index contributed by atoms with van der Waals surface area (Å²) in [7, 11) is 0. The van der Waals surface area contributed by atoms with Crippen LogP contribution in [0.25, 0.3) is 6.08 Å². The largest absolute Gasteiger partial charge is 0.488 e. The monoisotopic (exact) mass is 470 g/mol. The van der Waals surface area contributed by atoms with Crippen LogP contribution in [0.4, 0.5) is 0 Å². The Bertz CT molecular complexity index is 1090. The van der Waals surface area contributed by atoms with Gasteiger partial charge < -0.3 is 14.3 Å². The van der Waals surface area contributed by atoms with Crippen molar-refractivity contribution in [3.05, 3.63) is 73.4 Å². The van der Waals surface area contributed by atoms with Crippen molar-refractivity contribution < 1.29 is 19.1 Å². The van der Waals surface area contributed by atoms with Gasteiger partial charge in [-0.1, -0.05) is 40.9 Å². The normalized spacial score (nSPS) is 11.5. The first-order valence-corrected chi connectivity index (χ1v) is 10.1. The van der Waals surface area contributed by atoms with Gasteiger partial charge in [0.15, 0.2) is 0 Å². The molecular formula is C19H13Cl3N2O4S. The Labute approximate surface area is 185 Å². The third kappa shape index (κ3) is 5.90. The van der Waals surface area contributed by atoms with Crippen LogP contribution in [0.2, 0.25) is 15.1 Å². The lowest BCUT2D eigenvalue weighted by molar-refractivity contribution is -0.131. The van der Waals surface area contributed by atoms with E-state index < -0.39 is 5.97 Å². The summed E-state index contributed by atoms with van der Waals surface area (Å²) in [6.45, 7) is 1.82. The molecule has 6 nitrogen and oxygen atoms in total. The minimum Gasteiger partial charge on any atom is -0.488 e. The maximum Gasteiger partial charge on any atom is 0.342 e. The van der Waals surface area contributed by atoms with Crippen LogP contribution in [-0.2, 0) is 11.4 Å². The van der Waals surface area contributed by atoms with Crippen LogP contribution in [-0.4, -0.2) is 21.3 Å². The standard InChI is InChI=1S/C19H13Cl3N2O4S/c1-10-23-24-19(28-10)29-17(18(25)26)8-12-7-13(20)3-5-16(12)27-9-11-2-4-14(21)15(22)6-11/h2-8H,9H2,1H3,(H,25,26)/b17-8-. The molecule has 10 heteroatoms. The zero-order valence-corrected chi connectivity index (χ0v) is 17.9. The lowest BCUT2D eigenvalue weighted by Crippen LogP contribution is -2.00. The molecule has 0 saturated heterocycles. The van der Waals surface area contributed by atoms with E-state index in [0.717, 1.165) is 17.3 Å². The van der Waals surface area contributed by atoms with E-state index in [0.29, 0.717) is 32.3 Å². The van der Waals surface area contributed by atoms with Crippen molar-refractivity contribution in [2.45, 2.75) is 18.8 Å². The molecule has 2 aromatic carbocycles. The van der Waals surface area contributed by atoms with Crippen LogP contribution >= 0.6 is 46.6 Å². The Kier molecular flexibility index (Phi) is 7.08. The number of aryl methyl sites for hydroxylation is 1. The number of hydrogen-bond acceptors (Lipinski definition) is 6. The Hall–Kier alpha value is -2.19. The van der Waals surface area contributed by atoms with Crippen molar-refractivity contribution in [1.82, 2.24) is 10.2 Å². The molecule has 0 radical (unpaired) electrons. The van der Waals surface area contributed by atoms with Crippen LogP contribution < -0.4 is 4.74 Å². The SMILES string of the molecule is Cc1nnc(S/C(=C\c2cc(Cl)ccc2OCc2ccc(Cl)c(Cl)c2)C(=O)O)o1. The number of carboxylic acids is 1. The summed E-state index contributed by atoms with van der Waals surface area (Å²) >= 11 is 18.9. The highest BCUT2D eigenvalue weighted by molar-refractivity contribution is 8.03. The first-order chi connectivity index (χ1) is 13.8. The van der Waals surface area contributed by atoms with Gasteiger partial charge in [0.2, 0.25) is 5.89 Å². The molecule has 0 amide bonds. The fourth-order valence-corrected chi connectivity index (χ4v) is 3.45.